The van der Waals surface area contributed by atoms with Crippen LogP contribution in [0, 0.1) is 11.7 Å². The molecule has 6 heteroatoms. The van der Waals surface area contributed by atoms with Gasteiger partial charge in [-0.25, -0.2) is 0 Å². The predicted octanol–water partition coefficient (Wildman–Crippen LogP) is 3.22. The molecular formula is C16H22N4OS. The highest BCUT2D eigenvalue weighted by atomic mass is 32.1. The molecule has 0 aliphatic carbocycles. The molecule has 0 fully saturated rings. The van der Waals surface area contributed by atoms with Crippen LogP contribution in [0.2, 0.25) is 0 Å². The second-order valence-electron chi connectivity index (χ2n) is 5.57. The van der Waals surface area contributed by atoms with Gasteiger partial charge in [0.05, 0.1) is 0 Å². The molecular weight excluding hydrogens is 296 g/mol. The number of hydrogen-bond acceptors (Lipinski definition) is 3. The van der Waals surface area contributed by atoms with Gasteiger partial charge in [-0.15, -0.1) is 0 Å². The van der Waals surface area contributed by atoms with Gasteiger partial charge in [0.1, 0.15) is 6.54 Å². The minimum absolute atomic E-state index is 0.0487. The van der Waals surface area contributed by atoms with Gasteiger partial charge in [0, 0.05) is 11.6 Å². The lowest BCUT2D eigenvalue weighted by Gasteiger charge is -2.13. The zero-order chi connectivity index (χ0) is 16.1. The van der Waals surface area contributed by atoms with Crippen LogP contribution < -0.4 is 5.32 Å². The summed E-state index contributed by atoms with van der Waals surface area (Å²) < 4.78 is 2.19. The second kappa shape index (κ2) is 7.35. The molecule has 1 heterocycles. The fourth-order valence-electron chi connectivity index (χ4n) is 2.44. The van der Waals surface area contributed by atoms with Crippen molar-refractivity contribution >= 4 is 18.1 Å². The summed E-state index contributed by atoms with van der Waals surface area (Å²) in [5, 5.41) is 10.0. The van der Waals surface area contributed by atoms with Gasteiger partial charge in [0.25, 0.3) is 0 Å². The van der Waals surface area contributed by atoms with Crippen molar-refractivity contribution in [3.8, 4) is 11.4 Å². The highest BCUT2D eigenvalue weighted by molar-refractivity contribution is 7.71. The molecule has 0 aliphatic rings. The molecule has 2 rings (SSSR count). The molecule has 1 aromatic heterocycles. The lowest BCUT2D eigenvalue weighted by Crippen LogP contribution is -2.35. The number of carbonyl (C=O) groups is 1. The summed E-state index contributed by atoms with van der Waals surface area (Å²) in [5.41, 5.74) is 2.08. The molecule has 2 aromatic rings. The van der Waals surface area contributed by atoms with Gasteiger partial charge in [0.2, 0.25) is 5.91 Å². The third-order valence-corrected chi connectivity index (χ3v) is 3.78. The highest BCUT2D eigenvalue weighted by Crippen LogP contribution is 2.18. The van der Waals surface area contributed by atoms with E-state index in [0.29, 0.717) is 10.6 Å². The first kappa shape index (κ1) is 16.4. The predicted molar refractivity (Wildman–Crippen MR) is 90.1 cm³/mol. The first-order chi connectivity index (χ1) is 10.5. The first-order valence-electron chi connectivity index (χ1n) is 7.53. The van der Waals surface area contributed by atoms with E-state index in [9.17, 15) is 4.79 Å². The van der Waals surface area contributed by atoms with Gasteiger partial charge >= 0.3 is 0 Å². The minimum Gasteiger partial charge on any atom is -0.352 e. The molecule has 1 amide bonds. The Kier molecular flexibility index (Phi) is 5.49. The molecule has 5 nitrogen and oxygen atoms in total. The molecule has 0 spiro atoms. The monoisotopic (exact) mass is 318 g/mol. The van der Waals surface area contributed by atoms with Crippen molar-refractivity contribution in [1.29, 1.82) is 0 Å². The van der Waals surface area contributed by atoms with E-state index < -0.39 is 0 Å². The number of nitrogens with zero attached hydrogens (tertiary/aromatic N) is 2. The lowest BCUT2D eigenvalue weighted by atomic mass is 10.1. The highest BCUT2D eigenvalue weighted by Gasteiger charge is 2.13. The summed E-state index contributed by atoms with van der Waals surface area (Å²) in [5.74, 6) is 0.638. The Hall–Kier alpha value is -1.95. The Morgan fingerprint density at radius 1 is 1.50 bits per heavy atom. The van der Waals surface area contributed by atoms with Crippen molar-refractivity contribution in [3.05, 3.63) is 34.6 Å². The van der Waals surface area contributed by atoms with Crippen LogP contribution in [0.4, 0.5) is 0 Å². The molecule has 0 saturated heterocycles. The standard InChI is InChI=1S/C16H22N4OS/c1-4-6-12(3)17-14(21)10-20-15(18-19-16(20)22)13-8-5-7-11(2)9-13/h5,7-9,12H,4,6,10H2,1-3H3,(H,17,21)(H,19,22)/t12-/m1/s1. The topological polar surface area (TPSA) is 62.7 Å². The van der Waals surface area contributed by atoms with E-state index in [1.807, 2.05) is 38.1 Å². The van der Waals surface area contributed by atoms with Crippen molar-refractivity contribution in [1.82, 2.24) is 20.1 Å². The second-order valence-corrected chi connectivity index (χ2v) is 5.95. The van der Waals surface area contributed by atoms with Crippen LogP contribution in [0.25, 0.3) is 11.4 Å². The number of aromatic nitrogens is 3. The number of carbonyl (C=O) groups excluding carboxylic acids is 1. The number of H-pyrrole nitrogens is 1. The van der Waals surface area contributed by atoms with Crippen molar-refractivity contribution in [3.63, 3.8) is 0 Å². The van der Waals surface area contributed by atoms with E-state index >= 15 is 0 Å². The summed E-state index contributed by atoms with van der Waals surface area (Å²) in [6.45, 7) is 6.31. The van der Waals surface area contributed by atoms with Gasteiger partial charge in [-0.2, -0.15) is 5.10 Å². The van der Waals surface area contributed by atoms with Gasteiger partial charge in [0.15, 0.2) is 10.6 Å². The molecule has 22 heavy (non-hydrogen) atoms. The maximum atomic E-state index is 12.2. The van der Waals surface area contributed by atoms with E-state index in [1.165, 1.54) is 0 Å². The van der Waals surface area contributed by atoms with Crippen LogP contribution in [0.15, 0.2) is 24.3 Å². The number of rotatable bonds is 6. The number of aryl methyl sites for hydroxylation is 1. The van der Waals surface area contributed by atoms with Gasteiger partial charge in [-0.3, -0.25) is 14.5 Å². The maximum absolute atomic E-state index is 12.2. The van der Waals surface area contributed by atoms with Crippen molar-refractivity contribution < 1.29 is 4.79 Å². The number of amides is 1. The Balaban J connectivity index is 2.20. The number of aromatic amines is 1. The van der Waals surface area contributed by atoms with E-state index in [0.717, 1.165) is 24.0 Å². The molecule has 0 aliphatic heterocycles. The van der Waals surface area contributed by atoms with Crippen molar-refractivity contribution in [2.75, 3.05) is 0 Å². The van der Waals surface area contributed by atoms with Gasteiger partial charge in [-0.05, 0) is 38.6 Å². The quantitative estimate of drug-likeness (QED) is 0.804. The van der Waals surface area contributed by atoms with Crippen LogP contribution >= 0.6 is 12.2 Å². The SMILES string of the molecule is CCC[C@@H](C)NC(=O)Cn1c(-c2cccc(C)c2)n[nH]c1=S. The Bertz CT molecular complexity index is 704. The largest absolute Gasteiger partial charge is 0.352 e. The molecule has 118 valence electrons. The fraction of sp³-hybridized carbons (Fsp3) is 0.438. The Morgan fingerprint density at radius 2 is 2.27 bits per heavy atom. The van der Waals surface area contributed by atoms with Crippen LogP contribution in [-0.2, 0) is 11.3 Å². The average Bonchev–Trinajstić information content (AvgIpc) is 2.80. The van der Waals surface area contributed by atoms with Crippen LogP contribution in [0.5, 0.6) is 0 Å². The summed E-state index contributed by atoms with van der Waals surface area (Å²) in [4.78, 5) is 12.2. The van der Waals surface area contributed by atoms with Gasteiger partial charge < -0.3 is 5.32 Å². The summed E-state index contributed by atoms with van der Waals surface area (Å²) in [6, 6.07) is 8.15. The smallest absolute Gasteiger partial charge is 0.240 e. The van der Waals surface area contributed by atoms with Crippen LogP contribution in [-0.4, -0.2) is 26.7 Å². The summed E-state index contributed by atoms with van der Waals surface area (Å²) in [6.07, 6.45) is 2.01. The van der Waals surface area contributed by atoms with E-state index in [1.54, 1.807) is 4.57 Å². The van der Waals surface area contributed by atoms with Crippen LogP contribution in [0.1, 0.15) is 32.3 Å². The molecule has 1 atom stereocenters. The van der Waals surface area contributed by atoms with Crippen LogP contribution in [0.3, 0.4) is 0 Å². The zero-order valence-electron chi connectivity index (χ0n) is 13.2. The lowest BCUT2D eigenvalue weighted by molar-refractivity contribution is -0.122. The first-order valence-corrected chi connectivity index (χ1v) is 7.93. The summed E-state index contributed by atoms with van der Waals surface area (Å²) in [7, 11) is 0. The number of hydrogen-bond donors (Lipinski definition) is 2. The van der Waals surface area contributed by atoms with E-state index in [-0.39, 0.29) is 18.5 Å². The molecule has 0 saturated carbocycles. The third-order valence-electron chi connectivity index (χ3n) is 3.47. The summed E-state index contributed by atoms with van der Waals surface area (Å²) >= 11 is 5.25. The van der Waals surface area contributed by atoms with Gasteiger partial charge in [-0.1, -0.05) is 37.1 Å². The molecule has 0 bridgehead atoms. The zero-order valence-corrected chi connectivity index (χ0v) is 14.0. The Morgan fingerprint density at radius 3 is 2.95 bits per heavy atom. The number of benzene rings is 1. The van der Waals surface area contributed by atoms with E-state index in [2.05, 4.69) is 22.4 Å². The number of nitrogens with one attached hydrogen (secondary N) is 2. The maximum Gasteiger partial charge on any atom is 0.240 e. The molecule has 2 N–H and O–H groups in total. The molecule has 0 radical (unpaired) electrons. The van der Waals surface area contributed by atoms with E-state index in [4.69, 9.17) is 12.2 Å². The molecule has 0 unspecified atom stereocenters. The minimum atomic E-state index is -0.0487. The third kappa shape index (κ3) is 4.04. The molecule has 1 aromatic carbocycles. The average molecular weight is 318 g/mol. The van der Waals surface area contributed by atoms with Crippen molar-refractivity contribution in [2.24, 2.45) is 0 Å². The Labute approximate surface area is 135 Å². The van der Waals surface area contributed by atoms with Crippen molar-refractivity contribution in [2.45, 2.75) is 46.2 Å². The fourth-order valence-corrected chi connectivity index (χ4v) is 2.63. The normalized spacial score (nSPS) is 12.1.